The molecule has 1 N–H and O–H groups in total. The molecule has 6 nitrogen and oxygen atoms in total. The van der Waals surface area contributed by atoms with Crippen molar-refractivity contribution < 1.29 is 19.1 Å². The van der Waals surface area contributed by atoms with Gasteiger partial charge in [0, 0.05) is 24.2 Å². The number of hydrogen-bond donors (Lipinski definition) is 1. The van der Waals surface area contributed by atoms with E-state index in [0.29, 0.717) is 40.5 Å². The Morgan fingerprint density at radius 1 is 1.12 bits per heavy atom. The normalized spacial score (nSPS) is 13.6. The molecule has 0 saturated carbocycles. The van der Waals surface area contributed by atoms with Crippen molar-refractivity contribution in [3.8, 4) is 0 Å². The molecule has 0 aromatic heterocycles. The van der Waals surface area contributed by atoms with Gasteiger partial charge in [0.2, 0.25) is 5.91 Å². The summed E-state index contributed by atoms with van der Waals surface area (Å²) in [5, 5.41) is 3.12. The third kappa shape index (κ3) is 3.70. The highest BCUT2D eigenvalue weighted by molar-refractivity contribution is 6.34. The zero-order chi connectivity index (χ0) is 18.7. The Kier molecular flexibility index (Phi) is 5.23. The zero-order valence-corrected chi connectivity index (χ0v) is 14.9. The second-order valence-corrected chi connectivity index (χ2v) is 6.24. The first-order valence-electron chi connectivity index (χ1n) is 8.09. The Hall–Kier alpha value is -2.86. The van der Waals surface area contributed by atoms with Gasteiger partial charge in [-0.15, -0.1) is 0 Å². The van der Waals surface area contributed by atoms with Crippen LogP contribution in [0.3, 0.4) is 0 Å². The van der Waals surface area contributed by atoms with Crippen LogP contribution in [0.1, 0.15) is 33.6 Å². The van der Waals surface area contributed by atoms with E-state index < -0.39 is 5.97 Å². The maximum Gasteiger partial charge on any atom is 0.337 e. The average Bonchev–Trinajstić information content (AvgIpc) is 3.09. The fourth-order valence-corrected chi connectivity index (χ4v) is 2.93. The van der Waals surface area contributed by atoms with Gasteiger partial charge in [0.25, 0.3) is 5.91 Å². The van der Waals surface area contributed by atoms with Gasteiger partial charge in [0.05, 0.1) is 23.4 Å². The fourth-order valence-electron chi connectivity index (χ4n) is 2.77. The maximum absolute atomic E-state index is 12.4. The number of amides is 2. The van der Waals surface area contributed by atoms with Crippen molar-refractivity contribution in [2.45, 2.75) is 12.8 Å². The van der Waals surface area contributed by atoms with Crippen LogP contribution in [-0.4, -0.2) is 31.4 Å². The fraction of sp³-hybridized carbons (Fsp3) is 0.211. The predicted octanol–water partition coefficient (Wildman–Crippen LogP) is 3.51. The second-order valence-electron chi connectivity index (χ2n) is 5.84. The van der Waals surface area contributed by atoms with Crippen molar-refractivity contribution in [3.05, 3.63) is 58.6 Å². The minimum absolute atomic E-state index is 0.0583. The molecule has 1 heterocycles. The van der Waals surface area contributed by atoms with E-state index in [-0.39, 0.29) is 11.8 Å². The summed E-state index contributed by atoms with van der Waals surface area (Å²) >= 11 is 6.18. The van der Waals surface area contributed by atoms with Gasteiger partial charge in [-0.1, -0.05) is 11.6 Å². The van der Waals surface area contributed by atoms with Crippen LogP contribution < -0.4 is 10.2 Å². The first kappa shape index (κ1) is 17.9. The van der Waals surface area contributed by atoms with Gasteiger partial charge in [0.1, 0.15) is 0 Å². The number of halogens is 1. The average molecular weight is 373 g/mol. The van der Waals surface area contributed by atoms with Gasteiger partial charge in [-0.05, 0) is 48.9 Å². The lowest BCUT2D eigenvalue weighted by molar-refractivity contribution is -0.117. The smallest absolute Gasteiger partial charge is 0.337 e. The van der Waals surface area contributed by atoms with Crippen LogP contribution in [0.25, 0.3) is 0 Å². The number of methoxy groups -OCH3 is 1. The lowest BCUT2D eigenvalue weighted by Crippen LogP contribution is -2.23. The first-order chi connectivity index (χ1) is 12.5. The standard InChI is InChI=1S/C19H17ClN2O4/c1-26-19(25)13-6-4-12(5-7-13)18(24)21-16-11-14(8-9-15(16)20)22-10-2-3-17(22)23/h4-9,11H,2-3,10H2,1H3,(H,21,24). The molecule has 26 heavy (non-hydrogen) atoms. The number of rotatable bonds is 4. The van der Waals surface area contributed by atoms with Gasteiger partial charge in [-0.3, -0.25) is 9.59 Å². The van der Waals surface area contributed by atoms with Crippen molar-refractivity contribution >= 4 is 40.8 Å². The van der Waals surface area contributed by atoms with Crippen LogP contribution >= 0.6 is 11.6 Å². The van der Waals surface area contributed by atoms with Gasteiger partial charge >= 0.3 is 5.97 Å². The molecular weight excluding hydrogens is 356 g/mol. The first-order valence-corrected chi connectivity index (χ1v) is 8.47. The van der Waals surface area contributed by atoms with E-state index in [4.69, 9.17) is 11.6 Å². The van der Waals surface area contributed by atoms with Crippen molar-refractivity contribution in [1.82, 2.24) is 0 Å². The van der Waals surface area contributed by atoms with E-state index in [9.17, 15) is 14.4 Å². The molecule has 2 amide bonds. The Labute approximate surface area is 155 Å². The molecule has 0 radical (unpaired) electrons. The topological polar surface area (TPSA) is 75.7 Å². The second kappa shape index (κ2) is 7.58. The number of nitrogens with one attached hydrogen (secondary N) is 1. The number of esters is 1. The lowest BCUT2D eigenvalue weighted by Gasteiger charge is -2.17. The molecule has 0 atom stereocenters. The van der Waals surface area contributed by atoms with Crippen molar-refractivity contribution in [2.24, 2.45) is 0 Å². The Balaban J connectivity index is 1.78. The summed E-state index contributed by atoms with van der Waals surface area (Å²) in [5.74, 6) is -0.779. The zero-order valence-electron chi connectivity index (χ0n) is 14.1. The van der Waals surface area contributed by atoms with Gasteiger partial charge < -0.3 is 15.0 Å². The van der Waals surface area contributed by atoms with Crippen LogP contribution in [0, 0.1) is 0 Å². The van der Waals surface area contributed by atoms with E-state index in [1.807, 2.05) is 0 Å². The Morgan fingerprint density at radius 2 is 1.81 bits per heavy atom. The largest absolute Gasteiger partial charge is 0.465 e. The Morgan fingerprint density at radius 3 is 2.42 bits per heavy atom. The minimum atomic E-state index is -0.469. The number of nitrogens with zero attached hydrogens (tertiary/aromatic N) is 1. The summed E-state index contributed by atoms with van der Waals surface area (Å²) in [7, 11) is 1.29. The monoisotopic (exact) mass is 372 g/mol. The van der Waals surface area contributed by atoms with Crippen molar-refractivity contribution in [2.75, 3.05) is 23.9 Å². The predicted molar refractivity (Wildman–Crippen MR) is 98.8 cm³/mol. The number of carbonyl (C=O) groups excluding carboxylic acids is 3. The molecule has 1 aliphatic heterocycles. The summed E-state index contributed by atoms with van der Waals surface area (Å²) in [6.07, 6.45) is 1.34. The molecule has 3 rings (SSSR count). The van der Waals surface area contributed by atoms with Crippen LogP contribution in [0.5, 0.6) is 0 Å². The highest BCUT2D eigenvalue weighted by Gasteiger charge is 2.22. The van der Waals surface area contributed by atoms with Gasteiger partial charge in [0.15, 0.2) is 0 Å². The molecule has 1 saturated heterocycles. The molecule has 0 aliphatic carbocycles. The van der Waals surface area contributed by atoms with Gasteiger partial charge in [-0.25, -0.2) is 4.79 Å². The molecule has 1 fully saturated rings. The van der Waals surface area contributed by atoms with E-state index >= 15 is 0 Å². The molecular formula is C19H17ClN2O4. The van der Waals surface area contributed by atoms with E-state index in [1.165, 1.54) is 31.4 Å². The van der Waals surface area contributed by atoms with E-state index in [0.717, 1.165) is 6.42 Å². The molecule has 0 bridgehead atoms. The van der Waals surface area contributed by atoms with Crippen LogP contribution in [0.15, 0.2) is 42.5 Å². The molecule has 0 spiro atoms. The maximum atomic E-state index is 12.4. The highest BCUT2D eigenvalue weighted by Crippen LogP contribution is 2.30. The summed E-state index contributed by atoms with van der Waals surface area (Å²) in [4.78, 5) is 37.5. The lowest BCUT2D eigenvalue weighted by atomic mass is 10.1. The van der Waals surface area contributed by atoms with E-state index in [1.54, 1.807) is 23.1 Å². The van der Waals surface area contributed by atoms with Crippen LogP contribution in [0.2, 0.25) is 5.02 Å². The number of hydrogen-bond acceptors (Lipinski definition) is 4. The van der Waals surface area contributed by atoms with E-state index in [2.05, 4.69) is 10.1 Å². The molecule has 2 aromatic carbocycles. The molecule has 7 heteroatoms. The molecule has 2 aromatic rings. The quantitative estimate of drug-likeness (QED) is 0.833. The third-order valence-corrected chi connectivity index (χ3v) is 4.48. The van der Waals surface area contributed by atoms with Gasteiger partial charge in [-0.2, -0.15) is 0 Å². The summed E-state index contributed by atoms with van der Waals surface area (Å²) in [5.41, 5.74) is 1.85. The molecule has 134 valence electrons. The summed E-state index contributed by atoms with van der Waals surface area (Å²) in [6.45, 7) is 0.656. The van der Waals surface area contributed by atoms with Crippen LogP contribution in [-0.2, 0) is 9.53 Å². The SMILES string of the molecule is COC(=O)c1ccc(C(=O)Nc2cc(N3CCCC3=O)ccc2Cl)cc1. The van der Waals surface area contributed by atoms with Crippen molar-refractivity contribution in [1.29, 1.82) is 0 Å². The minimum Gasteiger partial charge on any atom is -0.465 e. The third-order valence-electron chi connectivity index (χ3n) is 4.15. The van der Waals surface area contributed by atoms with Crippen LogP contribution in [0.4, 0.5) is 11.4 Å². The summed E-state index contributed by atoms with van der Waals surface area (Å²) < 4.78 is 4.63. The summed E-state index contributed by atoms with van der Waals surface area (Å²) in [6, 6.07) is 11.2. The number of carbonyl (C=O) groups is 3. The Bertz CT molecular complexity index is 864. The number of benzene rings is 2. The molecule has 0 unspecified atom stereocenters. The molecule has 1 aliphatic rings. The van der Waals surface area contributed by atoms with Crippen molar-refractivity contribution in [3.63, 3.8) is 0 Å². The highest BCUT2D eigenvalue weighted by atomic mass is 35.5. The number of anilines is 2. The number of ether oxygens (including phenoxy) is 1.